The Labute approximate surface area is 329 Å². The minimum absolute atomic E-state index is 0.0921. The molecule has 4 aliphatic heterocycles. The van der Waals surface area contributed by atoms with Crippen LogP contribution in [-0.2, 0) is 34.4 Å². The normalized spacial score (nSPS) is 25.4. The number of rotatable bonds is 6. The fraction of sp³-hybridized carbons (Fsp3) is 0.426. The summed E-state index contributed by atoms with van der Waals surface area (Å²) in [6, 6.07) is 30.2. The van der Waals surface area contributed by atoms with Crippen LogP contribution in [0.1, 0.15) is 88.2 Å². The van der Waals surface area contributed by atoms with E-state index in [0.29, 0.717) is 30.2 Å². The molecule has 0 unspecified atom stereocenters. The Morgan fingerprint density at radius 2 is 1.43 bits per heavy atom. The Bertz CT molecular complexity index is 2190. The third-order valence-electron chi connectivity index (χ3n) is 14.2. The van der Waals surface area contributed by atoms with Crippen molar-refractivity contribution in [3.8, 4) is 5.75 Å². The van der Waals surface area contributed by atoms with Gasteiger partial charge in [-0.25, -0.2) is 0 Å². The summed E-state index contributed by atoms with van der Waals surface area (Å²) < 4.78 is 0. The van der Waals surface area contributed by atoms with Crippen molar-refractivity contribution in [2.45, 2.75) is 75.3 Å². The predicted octanol–water partition coefficient (Wildman–Crippen LogP) is 6.15. The van der Waals surface area contributed by atoms with Crippen LogP contribution in [0.4, 0.5) is 11.4 Å². The smallest absolute Gasteiger partial charge is 0.255 e. The summed E-state index contributed by atoms with van der Waals surface area (Å²) in [5.74, 6) is 0.580. The van der Waals surface area contributed by atoms with E-state index in [4.69, 9.17) is 0 Å². The summed E-state index contributed by atoms with van der Waals surface area (Å²) in [7, 11) is 0. The molecule has 0 saturated carbocycles. The Balaban J connectivity index is 0.747. The van der Waals surface area contributed by atoms with E-state index in [2.05, 4.69) is 80.7 Å². The first-order chi connectivity index (χ1) is 27.3. The molecule has 4 aromatic carbocycles. The molecule has 0 bridgehead atoms. The van der Waals surface area contributed by atoms with Crippen LogP contribution in [0.25, 0.3) is 0 Å². The molecule has 9 nitrogen and oxygen atoms in total. The number of fused-ring (bicyclic) bond motifs is 4. The van der Waals surface area contributed by atoms with Crippen LogP contribution < -0.4 is 15.1 Å². The van der Waals surface area contributed by atoms with Crippen LogP contribution in [0, 0.1) is 5.92 Å². The van der Waals surface area contributed by atoms with Crippen LogP contribution in [-0.4, -0.2) is 84.5 Å². The maximum absolute atomic E-state index is 13.2. The number of piperidine rings is 2. The van der Waals surface area contributed by atoms with E-state index in [0.717, 1.165) is 76.3 Å². The largest absolute Gasteiger partial charge is 0.508 e. The van der Waals surface area contributed by atoms with E-state index in [9.17, 15) is 19.5 Å². The fourth-order valence-corrected chi connectivity index (χ4v) is 11.2. The molecule has 2 N–H and O–H groups in total. The minimum atomic E-state index is -0.585. The number of amides is 3. The van der Waals surface area contributed by atoms with Crippen LogP contribution in [0.3, 0.4) is 0 Å². The predicted molar refractivity (Wildman–Crippen MR) is 217 cm³/mol. The molecule has 9 heteroatoms. The van der Waals surface area contributed by atoms with Gasteiger partial charge in [-0.1, -0.05) is 42.5 Å². The Morgan fingerprint density at radius 3 is 2.21 bits per heavy atom. The van der Waals surface area contributed by atoms with Crippen molar-refractivity contribution in [2.24, 2.45) is 5.92 Å². The van der Waals surface area contributed by atoms with Crippen LogP contribution in [0.2, 0.25) is 0 Å². The first-order valence-corrected chi connectivity index (χ1v) is 20.8. The van der Waals surface area contributed by atoms with E-state index in [1.807, 2.05) is 24.3 Å². The number of phenols is 1. The molecular weight excluding hydrogens is 699 g/mol. The van der Waals surface area contributed by atoms with Crippen molar-refractivity contribution in [1.29, 1.82) is 0 Å². The molecule has 10 rings (SSSR count). The van der Waals surface area contributed by atoms with Crippen molar-refractivity contribution in [3.05, 3.63) is 124 Å². The van der Waals surface area contributed by atoms with Crippen LogP contribution >= 0.6 is 0 Å². The second kappa shape index (κ2) is 14.1. The van der Waals surface area contributed by atoms with Crippen molar-refractivity contribution in [2.75, 3.05) is 55.6 Å². The molecule has 0 aromatic heterocycles. The van der Waals surface area contributed by atoms with E-state index >= 15 is 0 Å². The molecule has 0 radical (unpaired) electrons. The second-order valence-electron chi connectivity index (χ2n) is 17.2. The van der Waals surface area contributed by atoms with Crippen molar-refractivity contribution in [3.63, 3.8) is 0 Å². The van der Waals surface area contributed by atoms with Gasteiger partial charge in [0, 0.05) is 87.0 Å². The van der Waals surface area contributed by atoms with Crippen LogP contribution in [0.15, 0.2) is 84.9 Å². The second-order valence-corrected chi connectivity index (χ2v) is 17.2. The number of anilines is 2. The lowest BCUT2D eigenvalue weighted by Crippen LogP contribution is -2.52. The standard InChI is InChI=1S/C47H51N5O4/c53-38-10-12-39-34(28-38)16-20-47(19-15-32-3-1-2-4-41(32)47)44(39)33-5-7-36(8-6-33)50-21-17-31(18-22-50)29-49-23-25-51(26-24-49)37-9-11-40-35(27-37)30-52(46(40)56)42-13-14-43(54)48-45(42)55/h1-12,27-28,31,42,44,53H,13-26,29-30H2,(H,48,54,55)/t42-,44+,47-/m0/s1. The topological polar surface area (TPSA) is 96.4 Å². The number of hydrogen-bond donors (Lipinski definition) is 2. The maximum atomic E-state index is 13.2. The number of imide groups is 1. The number of nitrogens with one attached hydrogen (secondary N) is 1. The molecule has 3 atom stereocenters. The van der Waals surface area contributed by atoms with Gasteiger partial charge in [0.25, 0.3) is 5.91 Å². The lowest BCUT2D eigenvalue weighted by Gasteiger charge is -2.44. The molecule has 3 amide bonds. The molecule has 3 saturated heterocycles. The van der Waals surface area contributed by atoms with Gasteiger partial charge in [-0.05, 0) is 127 Å². The summed E-state index contributed by atoms with van der Waals surface area (Å²) in [6.45, 7) is 7.66. The Morgan fingerprint density at radius 1 is 0.696 bits per heavy atom. The fourth-order valence-electron chi connectivity index (χ4n) is 11.2. The maximum Gasteiger partial charge on any atom is 0.255 e. The van der Waals surface area contributed by atoms with Crippen molar-refractivity contribution >= 4 is 29.1 Å². The molecule has 56 heavy (non-hydrogen) atoms. The number of hydrogen-bond acceptors (Lipinski definition) is 7. The molecule has 288 valence electrons. The highest BCUT2D eigenvalue weighted by Gasteiger charge is 2.49. The van der Waals surface area contributed by atoms with Crippen molar-refractivity contribution < 1.29 is 19.5 Å². The van der Waals surface area contributed by atoms with Gasteiger partial charge in [-0.2, -0.15) is 0 Å². The lowest BCUT2D eigenvalue weighted by molar-refractivity contribution is -0.136. The van der Waals surface area contributed by atoms with Crippen molar-refractivity contribution in [1.82, 2.24) is 15.1 Å². The zero-order valence-corrected chi connectivity index (χ0v) is 32.1. The van der Waals surface area contributed by atoms with Gasteiger partial charge in [0.2, 0.25) is 11.8 Å². The molecule has 1 spiro atoms. The zero-order valence-electron chi connectivity index (χ0n) is 32.1. The highest BCUT2D eigenvalue weighted by molar-refractivity contribution is 6.05. The Hall–Kier alpha value is -5.15. The third-order valence-corrected chi connectivity index (χ3v) is 14.2. The summed E-state index contributed by atoms with van der Waals surface area (Å²) in [5, 5.41) is 12.7. The average Bonchev–Trinajstić information content (AvgIpc) is 3.75. The lowest BCUT2D eigenvalue weighted by atomic mass is 9.59. The molecule has 4 heterocycles. The van der Waals surface area contributed by atoms with Gasteiger partial charge >= 0.3 is 0 Å². The highest BCUT2D eigenvalue weighted by Crippen LogP contribution is 2.57. The third kappa shape index (κ3) is 6.15. The van der Waals surface area contributed by atoms with Crippen LogP contribution in [0.5, 0.6) is 5.75 Å². The van der Waals surface area contributed by atoms with Gasteiger partial charge < -0.3 is 19.8 Å². The summed E-state index contributed by atoms with van der Waals surface area (Å²) >= 11 is 0. The quantitative estimate of drug-likeness (QED) is 0.229. The number of benzene rings is 4. The summed E-state index contributed by atoms with van der Waals surface area (Å²) in [4.78, 5) is 46.6. The molecule has 3 fully saturated rings. The number of carbonyl (C=O) groups excluding carboxylic acids is 3. The van der Waals surface area contributed by atoms with Gasteiger partial charge in [-0.3, -0.25) is 24.6 Å². The SMILES string of the molecule is O=C1CC[C@H](N2Cc3cc(N4CCN(CC5CCN(c6ccc([C@@H]7c8ccc(O)cc8CC[C@]78CCc7ccccc78)cc6)CC5)CC4)ccc3C2=O)C(=O)N1. The Kier molecular flexibility index (Phi) is 8.88. The number of piperazine rings is 1. The average molecular weight is 750 g/mol. The highest BCUT2D eigenvalue weighted by atomic mass is 16.3. The number of aromatic hydroxyl groups is 1. The van der Waals surface area contributed by atoms with Gasteiger partial charge in [0.15, 0.2) is 0 Å². The first-order valence-electron chi connectivity index (χ1n) is 20.8. The number of nitrogens with zero attached hydrogens (tertiary/aromatic N) is 4. The van der Waals surface area contributed by atoms with E-state index in [-0.39, 0.29) is 35.5 Å². The molecule has 6 aliphatic rings. The zero-order chi connectivity index (χ0) is 38.0. The number of aryl methyl sites for hydroxylation is 2. The summed E-state index contributed by atoms with van der Waals surface area (Å²) in [5.41, 5.74) is 11.3. The summed E-state index contributed by atoms with van der Waals surface area (Å²) in [6.07, 6.45) is 7.46. The monoisotopic (exact) mass is 749 g/mol. The van der Waals surface area contributed by atoms with Gasteiger partial charge in [-0.15, -0.1) is 0 Å². The number of phenolic OH excluding ortho intramolecular Hbond substituents is 1. The molecular formula is C47H51N5O4. The number of carbonyl (C=O) groups is 3. The molecule has 2 aliphatic carbocycles. The van der Waals surface area contributed by atoms with Gasteiger partial charge in [0.1, 0.15) is 11.8 Å². The van der Waals surface area contributed by atoms with E-state index < -0.39 is 6.04 Å². The van der Waals surface area contributed by atoms with E-state index in [1.54, 1.807) is 4.90 Å². The first kappa shape index (κ1) is 35.3. The van der Waals surface area contributed by atoms with E-state index in [1.165, 1.54) is 52.8 Å². The van der Waals surface area contributed by atoms with Gasteiger partial charge in [0.05, 0.1) is 0 Å². The molecule has 4 aromatic rings. The minimum Gasteiger partial charge on any atom is -0.508 e.